The molecular weight excluding hydrogens is 204 g/mol. The Labute approximate surface area is 98.2 Å². The standard InChI is InChI=1S/C12H24N2S/c1-2-14-7-3-4-11(5-8-14)13-12-6-9-15-10-12/h11-13H,2-10H2,1H3. The summed E-state index contributed by atoms with van der Waals surface area (Å²) in [5, 5.41) is 3.85. The molecule has 0 bridgehead atoms. The minimum Gasteiger partial charge on any atom is -0.310 e. The molecule has 2 rings (SSSR count). The summed E-state index contributed by atoms with van der Waals surface area (Å²) in [6, 6.07) is 1.61. The first-order chi connectivity index (χ1) is 7.38. The van der Waals surface area contributed by atoms with Crippen LogP contribution in [0.1, 0.15) is 32.6 Å². The van der Waals surface area contributed by atoms with Crippen molar-refractivity contribution in [2.24, 2.45) is 0 Å². The maximum atomic E-state index is 3.85. The van der Waals surface area contributed by atoms with Gasteiger partial charge in [-0.25, -0.2) is 0 Å². The van der Waals surface area contributed by atoms with E-state index in [0.717, 1.165) is 12.1 Å². The number of likely N-dealkylation sites (tertiary alicyclic amines) is 1. The molecule has 0 aromatic rings. The van der Waals surface area contributed by atoms with Gasteiger partial charge in [-0.05, 0) is 51.1 Å². The molecule has 15 heavy (non-hydrogen) atoms. The zero-order valence-electron chi connectivity index (χ0n) is 9.87. The number of thioether (sulfide) groups is 1. The molecule has 2 saturated heterocycles. The maximum absolute atomic E-state index is 3.85. The number of hydrogen-bond acceptors (Lipinski definition) is 3. The highest BCUT2D eigenvalue weighted by atomic mass is 32.2. The van der Waals surface area contributed by atoms with Gasteiger partial charge in [-0.15, -0.1) is 0 Å². The molecule has 2 aliphatic rings. The van der Waals surface area contributed by atoms with Gasteiger partial charge >= 0.3 is 0 Å². The van der Waals surface area contributed by atoms with Gasteiger partial charge in [-0.3, -0.25) is 0 Å². The Morgan fingerprint density at radius 1 is 1.20 bits per heavy atom. The third-order valence-corrected chi connectivity index (χ3v) is 4.83. The Hall–Kier alpha value is 0.270. The van der Waals surface area contributed by atoms with Gasteiger partial charge in [0.1, 0.15) is 0 Å². The summed E-state index contributed by atoms with van der Waals surface area (Å²) in [6.45, 7) is 6.12. The summed E-state index contributed by atoms with van der Waals surface area (Å²) >= 11 is 2.11. The van der Waals surface area contributed by atoms with Crippen LogP contribution in [-0.4, -0.2) is 48.1 Å². The quantitative estimate of drug-likeness (QED) is 0.795. The third kappa shape index (κ3) is 3.65. The van der Waals surface area contributed by atoms with Gasteiger partial charge in [0.15, 0.2) is 0 Å². The van der Waals surface area contributed by atoms with E-state index in [4.69, 9.17) is 0 Å². The fourth-order valence-electron chi connectivity index (χ4n) is 2.64. The van der Waals surface area contributed by atoms with E-state index in [-0.39, 0.29) is 0 Å². The zero-order chi connectivity index (χ0) is 10.5. The monoisotopic (exact) mass is 228 g/mol. The smallest absolute Gasteiger partial charge is 0.0168 e. The Balaban J connectivity index is 1.72. The molecule has 2 atom stereocenters. The van der Waals surface area contributed by atoms with Crippen LogP contribution >= 0.6 is 11.8 Å². The molecule has 3 heteroatoms. The first kappa shape index (κ1) is 11.7. The first-order valence-electron chi connectivity index (χ1n) is 6.44. The second kappa shape index (κ2) is 6.12. The van der Waals surface area contributed by atoms with Gasteiger partial charge in [0.05, 0.1) is 0 Å². The lowest BCUT2D eigenvalue weighted by Crippen LogP contribution is -2.38. The van der Waals surface area contributed by atoms with Gasteiger partial charge < -0.3 is 10.2 Å². The molecule has 2 nitrogen and oxygen atoms in total. The van der Waals surface area contributed by atoms with Crippen molar-refractivity contribution in [1.29, 1.82) is 0 Å². The van der Waals surface area contributed by atoms with Crippen LogP contribution in [0.4, 0.5) is 0 Å². The van der Waals surface area contributed by atoms with Crippen molar-refractivity contribution in [2.75, 3.05) is 31.1 Å². The Kier molecular flexibility index (Phi) is 4.79. The lowest BCUT2D eigenvalue weighted by molar-refractivity contribution is 0.295. The molecule has 2 fully saturated rings. The van der Waals surface area contributed by atoms with E-state index >= 15 is 0 Å². The average Bonchev–Trinajstić information content (AvgIpc) is 2.64. The van der Waals surface area contributed by atoms with E-state index in [9.17, 15) is 0 Å². The summed E-state index contributed by atoms with van der Waals surface area (Å²) in [7, 11) is 0. The number of hydrogen-bond donors (Lipinski definition) is 1. The van der Waals surface area contributed by atoms with Crippen LogP contribution < -0.4 is 5.32 Å². The SMILES string of the molecule is CCN1CCCC(NC2CCSC2)CC1. The van der Waals surface area contributed by atoms with Crippen LogP contribution in [0.3, 0.4) is 0 Å². The summed E-state index contributed by atoms with van der Waals surface area (Å²) < 4.78 is 0. The van der Waals surface area contributed by atoms with Crippen molar-refractivity contribution in [3.8, 4) is 0 Å². The molecule has 0 amide bonds. The van der Waals surface area contributed by atoms with Crippen molar-refractivity contribution in [1.82, 2.24) is 10.2 Å². The van der Waals surface area contributed by atoms with Crippen LogP contribution in [0, 0.1) is 0 Å². The summed E-state index contributed by atoms with van der Waals surface area (Å²) in [6.07, 6.45) is 5.51. The van der Waals surface area contributed by atoms with E-state index in [1.807, 2.05) is 0 Å². The van der Waals surface area contributed by atoms with Gasteiger partial charge in [0, 0.05) is 17.8 Å². The Morgan fingerprint density at radius 3 is 2.87 bits per heavy atom. The molecule has 0 radical (unpaired) electrons. The number of rotatable bonds is 3. The minimum absolute atomic E-state index is 0.797. The second-order valence-electron chi connectivity index (χ2n) is 4.79. The van der Waals surface area contributed by atoms with Gasteiger partial charge in [-0.2, -0.15) is 11.8 Å². The van der Waals surface area contributed by atoms with E-state index in [1.165, 1.54) is 56.8 Å². The second-order valence-corrected chi connectivity index (χ2v) is 5.94. The van der Waals surface area contributed by atoms with Gasteiger partial charge in [0.25, 0.3) is 0 Å². The third-order valence-electron chi connectivity index (χ3n) is 3.67. The van der Waals surface area contributed by atoms with E-state index in [0.29, 0.717) is 0 Å². The predicted octanol–water partition coefficient (Wildman–Crippen LogP) is 1.96. The molecule has 0 spiro atoms. The van der Waals surface area contributed by atoms with E-state index < -0.39 is 0 Å². The maximum Gasteiger partial charge on any atom is 0.0168 e. The Morgan fingerprint density at radius 2 is 2.13 bits per heavy atom. The van der Waals surface area contributed by atoms with Crippen LogP contribution in [0.25, 0.3) is 0 Å². The van der Waals surface area contributed by atoms with E-state index in [2.05, 4.69) is 28.9 Å². The molecule has 0 saturated carbocycles. The molecular formula is C12H24N2S. The van der Waals surface area contributed by atoms with Crippen molar-refractivity contribution in [3.63, 3.8) is 0 Å². The molecule has 2 aliphatic heterocycles. The van der Waals surface area contributed by atoms with Gasteiger partial charge in [-0.1, -0.05) is 6.92 Å². The van der Waals surface area contributed by atoms with Crippen molar-refractivity contribution in [3.05, 3.63) is 0 Å². The molecule has 0 aromatic heterocycles. The van der Waals surface area contributed by atoms with Crippen molar-refractivity contribution >= 4 is 11.8 Å². The lowest BCUT2D eigenvalue weighted by Gasteiger charge is -2.21. The summed E-state index contributed by atoms with van der Waals surface area (Å²) in [4.78, 5) is 2.59. The van der Waals surface area contributed by atoms with Crippen LogP contribution in [0.5, 0.6) is 0 Å². The molecule has 2 heterocycles. The largest absolute Gasteiger partial charge is 0.310 e. The molecule has 88 valence electrons. The number of nitrogens with zero attached hydrogens (tertiary/aromatic N) is 1. The van der Waals surface area contributed by atoms with E-state index in [1.54, 1.807) is 0 Å². The Bertz CT molecular complexity index is 180. The normalized spacial score (nSPS) is 34.2. The summed E-state index contributed by atoms with van der Waals surface area (Å²) in [5.74, 6) is 2.71. The number of nitrogens with one attached hydrogen (secondary N) is 1. The molecule has 2 unspecified atom stereocenters. The fraction of sp³-hybridized carbons (Fsp3) is 1.00. The molecule has 0 aromatic carbocycles. The minimum atomic E-state index is 0.797. The van der Waals surface area contributed by atoms with Gasteiger partial charge in [0.2, 0.25) is 0 Å². The highest BCUT2D eigenvalue weighted by molar-refractivity contribution is 7.99. The van der Waals surface area contributed by atoms with Crippen molar-refractivity contribution in [2.45, 2.75) is 44.7 Å². The molecule has 1 N–H and O–H groups in total. The lowest BCUT2D eigenvalue weighted by atomic mass is 10.1. The highest BCUT2D eigenvalue weighted by Gasteiger charge is 2.21. The van der Waals surface area contributed by atoms with Crippen LogP contribution in [0.15, 0.2) is 0 Å². The fourth-order valence-corrected chi connectivity index (χ4v) is 3.80. The summed E-state index contributed by atoms with van der Waals surface area (Å²) in [5.41, 5.74) is 0. The highest BCUT2D eigenvalue weighted by Crippen LogP contribution is 2.19. The zero-order valence-corrected chi connectivity index (χ0v) is 10.7. The van der Waals surface area contributed by atoms with Crippen molar-refractivity contribution < 1.29 is 0 Å². The predicted molar refractivity (Wildman–Crippen MR) is 68.6 cm³/mol. The molecule has 0 aliphatic carbocycles. The van der Waals surface area contributed by atoms with Crippen LogP contribution in [-0.2, 0) is 0 Å². The average molecular weight is 228 g/mol. The topological polar surface area (TPSA) is 15.3 Å². The first-order valence-corrected chi connectivity index (χ1v) is 7.60. The van der Waals surface area contributed by atoms with Crippen LogP contribution in [0.2, 0.25) is 0 Å².